The number of rotatable bonds is 5. The Morgan fingerprint density at radius 1 is 1.26 bits per heavy atom. The lowest BCUT2D eigenvalue weighted by atomic mass is 9.86. The second-order valence-electron chi connectivity index (χ2n) is 5.65. The maximum Gasteiger partial charge on any atom is 0.309 e. The van der Waals surface area contributed by atoms with E-state index in [1.165, 1.54) is 0 Å². The molecule has 0 fully saturated rings. The molecule has 0 heterocycles. The van der Waals surface area contributed by atoms with Gasteiger partial charge in [0.05, 0.1) is 19.6 Å². The van der Waals surface area contributed by atoms with Crippen LogP contribution in [0.3, 0.4) is 0 Å². The molecule has 0 aliphatic rings. The summed E-state index contributed by atoms with van der Waals surface area (Å²) in [5.41, 5.74) is 2.33. The summed E-state index contributed by atoms with van der Waals surface area (Å²) in [4.78, 5) is 11.3. The number of benzene rings is 1. The van der Waals surface area contributed by atoms with E-state index in [4.69, 9.17) is 9.47 Å². The minimum atomic E-state index is -0.215. The van der Waals surface area contributed by atoms with Gasteiger partial charge in [-0.25, -0.2) is 0 Å². The summed E-state index contributed by atoms with van der Waals surface area (Å²) in [5.74, 6) is 0.643. The molecule has 19 heavy (non-hydrogen) atoms. The first-order chi connectivity index (χ1) is 8.84. The van der Waals surface area contributed by atoms with Crippen molar-refractivity contribution in [3.63, 3.8) is 0 Å². The van der Waals surface area contributed by atoms with E-state index >= 15 is 0 Å². The van der Waals surface area contributed by atoms with Gasteiger partial charge in [-0.1, -0.05) is 32.9 Å². The molecule has 106 valence electrons. The van der Waals surface area contributed by atoms with Crippen molar-refractivity contribution in [3.8, 4) is 5.75 Å². The van der Waals surface area contributed by atoms with Crippen LogP contribution in [0.5, 0.6) is 5.75 Å². The van der Waals surface area contributed by atoms with Gasteiger partial charge in [0, 0.05) is 0 Å². The number of ether oxygens (including phenoxy) is 2. The highest BCUT2D eigenvalue weighted by Crippen LogP contribution is 2.32. The Kier molecular flexibility index (Phi) is 5.40. The van der Waals surface area contributed by atoms with Crippen LogP contribution >= 0.6 is 0 Å². The van der Waals surface area contributed by atoms with Crippen LogP contribution in [0.15, 0.2) is 18.2 Å². The van der Waals surface area contributed by atoms with Gasteiger partial charge < -0.3 is 9.47 Å². The molecule has 0 saturated carbocycles. The highest BCUT2D eigenvalue weighted by molar-refractivity contribution is 5.69. The fourth-order valence-corrected chi connectivity index (χ4v) is 1.85. The molecule has 3 nitrogen and oxygen atoms in total. The van der Waals surface area contributed by atoms with Crippen molar-refractivity contribution < 1.29 is 14.3 Å². The topological polar surface area (TPSA) is 35.5 Å². The molecule has 0 N–H and O–H groups in total. The molecule has 1 aromatic carbocycles. The normalized spacial score (nSPS) is 11.2. The minimum absolute atomic E-state index is 0.0208. The highest BCUT2D eigenvalue weighted by atomic mass is 16.5. The van der Waals surface area contributed by atoms with Crippen LogP contribution in [0.2, 0.25) is 0 Å². The van der Waals surface area contributed by atoms with Gasteiger partial charge >= 0.3 is 5.97 Å². The smallest absolute Gasteiger partial charge is 0.309 e. The summed E-state index contributed by atoms with van der Waals surface area (Å²) in [7, 11) is 0. The number of aryl methyl sites for hydroxylation is 1. The summed E-state index contributed by atoms with van der Waals surface area (Å²) in [6.45, 7) is 11.0. The van der Waals surface area contributed by atoms with E-state index < -0.39 is 0 Å². The average molecular weight is 264 g/mol. The van der Waals surface area contributed by atoms with Crippen LogP contribution in [0.4, 0.5) is 0 Å². The molecule has 0 aliphatic heterocycles. The van der Waals surface area contributed by atoms with Crippen LogP contribution in [0, 0.1) is 6.92 Å². The number of hydrogen-bond acceptors (Lipinski definition) is 3. The predicted octanol–water partition coefficient (Wildman–Crippen LogP) is 3.62. The maximum atomic E-state index is 11.3. The van der Waals surface area contributed by atoms with Gasteiger partial charge in [0.25, 0.3) is 0 Å². The lowest BCUT2D eigenvalue weighted by molar-refractivity contribution is -0.143. The highest BCUT2D eigenvalue weighted by Gasteiger charge is 2.19. The summed E-state index contributed by atoms with van der Waals surface area (Å²) in [6, 6.07) is 6.19. The molecular formula is C16H24O3. The van der Waals surface area contributed by atoms with Gasteiger partial charge in [-0.15, -0.1) is 0 Å². The number of hydrogen-bond donors (Lipinski definition) is 0. The van der Waals surface area contributed by atoms with E-state index in [1.54, 1.807) is 6.92 Å². The molecule has 0 saturated heterocycles. The fraction of sp³-hybridized carbons (Fsp3) is 0.562. The Balaban J connectivity index is 2.72. The Morgan fingerprint density at radius 3 is 2.53 bits per heavy atom. The summed E-state index contributed by atoms with van der Waals surface area (Å²) in [6.07, 6.45) is 0.283. The molecule has 3 heteroatoms. The first-order valence-corrected chi connectivity index (χ1v) is 6.74. The standard InChI is InChI=1S/C16H24O3/c1-6-18-15(17)9-10-19-14-11-12(2)7-8-13(14)16(3,4)5/h7-8,11H,6,9-10H2,1-5H3. The summed E-state index contributed by atoms with van der Waals surface area (Å²) < 4.78 is 10.6. The van der Waals surface area contributed by atoms with Gasteiger partial charge in [0.1, 0.15) is 5.75 Å². The third kappa shape index (κ3) is 4.93. The Hall–Kier alpha value is -1.51. The van der Waals surface area contributed by atoms with Crippen molar-refractivity contribution in [2.24, 2.45) is 0 Å². The Labute approximate surface area is 115 Å². The lowest BCUT2D eigenvalue weighted by Crippen LogP contribution is -2.15. The third-order valence-corrected chi connectivity index (χ3v) is 2.81. The minimum Gasteiger partial charge on any atom is -0.493 e. The maximum absolute atomic E-state index is 11.3. The fourth-order valence-electron chi connectivity index (χ4n) is 1.85. The van der Waals surface area contributed by atoms with E-state index in [1.807, 2.05) is 13.0 Å². The van der Waals surface area contributed by atoms with Gasteiger partial charge in [0.2, 0.25) is 0 Å². The van der Waals surface area contributed by atoms with Crippen LogP contribution < -0.4 is 4.74 Å². The number of carbonyl (C=O) groups is 1. The summed E-state index contributed by atoms with van der Waals surface area (Å²) in [5, 5.41) is 0. The second kappa shape index (κ2) is 6.60. The zero-order chi connectivity index (χ0) is 14.5. The lowest BCUT2D eigenvalue weighted by Gasteiger charge is -2.23. The molecule has 0 radical (unpaired) electrons. The largest absolute Gasteiger partial charge is 0.493 e. The van der Waals surface area contributed by atoms with Crippen molar-refractivity contribution in [2.75, 3.05) is 13.2 Å². The molecule has 0 aromatic heterocycles. The molecule has 0 atom stereocenters. The van der Waals surface area contributed by atoms with Crippen LogP contribution in [0.1, 0.15) is 45.2 Å². The van der Waals surface area contributed by atoms with Crippen LogP contribution in [-0.4, -0.2) is 19.2 Å². The predicted molar refractivity (Wildman–Crippen MR) is 76.6 cm³/mol. The first-order valence-electron chi connectivity index (χ1n) is 6.74. The van der Waals surface area contributed by atoms with Gasteiger partial charge in [-0.3, -0.25) is 4.79 Å². The van der Waals surface area contributed by atoms with Crippen LogP contribution in [0.25, 0.3) is 0 Å². The zero-order valence-electron chi connectivity index (χ0n) is 12.6. The van der Waals surface area contributed by atoms with Crippen molar-refractivity contribution in [2.45, 2.75) is 46.5 Å². The van der Waals surface area contributed by atoms with Gasteiger partial charge in [-0.2, -0.15) is 0 Å². The molecule has 0 bridgehead atoms. The van der Waals surface area contributed by atoms with Crippen molar-refractivity contribution in [1.82, 2.24) is 0 Å². The van der Waals surface area contributed by atoms with Gasteiger partial charge in [-0.05, 0) is 36.5 Å². The zero-order valence-corrected chi connectivity index (χ0v) is 12.6. The Bertz CT molecular complexity index is 430. The van der Waals surface area contributed by atoms with Crippen LogP contribution in [-0.2, 0) is 14.9 Å². The van der Waals surface area contributed by atoms with Crippen molar-refractivity contribution >= 4 is 5.97 Å². The molecule has 1 aromatic rings. The van der Waals surface area contributed by atoms with E-state index in [-0.39, 0.29) is 17.8 Å². The molecule has 0 aliphatic carbocycles. The molecule has 1 rings (SSSR count). The molecule has 0 unspecified atom stereocenters. The molecule has 0 spiro atoms. The molecular weight excluding hydrogens is 240 g/mol. The van der Waals surface area contributed by atoms with E-state index in [0.717, 1.165) is 16.9 Å². The van der Waals surface area contributed by atoms with E-state index in [2.05, 4.69) is 32.9 Å². The molecule has 0 amide bonds. The Morgan fingerprint density at radius 2 is 1.95 bits per heavy atom. The quantitative estimate of drug-likeness (QED) is 0.762. The number of esters is 1. The summed E-state index contributed by atoms with van der Waals surface area (Å²) >= 11 is 0. The van der Waals surface area contributed by atoms with E-state index in [9.17, 15) is 4.79 Å². The van der Waals surface area contributed by atoms with E-state index in [0.29, 0.717) is 13.2 Å². The SMILES string of the molecule is CCOC(=O)CCOc1cc(C)ccc1C(C)(C)C. The number of carbonyl (C=O) groups excluding carboxylic acids is 1. The van der Waals surface area contributed by atoms with Crippen molar-refractivity contribution in [3.05, 3.63) is 29.3 Å². The first kappa shape index (κ1) is 15.5. The monoisotopic (exact) mass is 264 g/mol. The second-order valence-corrected chi connectivity index (χ2v) is 5.65. The average Bonchev–Trinajstić information content (AvgIpc) is 2.27. The van der Waals surface area contributed by atoms with Crippen molar-refractivity contribution in [1.29, 1.82) is 0 Å². The third-order valence-electron chi connectivity index (χ3n) is 2.81. The van der Waals surface area contributed by atoms with Gasteiger partial charge in [0.15, 0.2) is 0 Å².